The summed E-state index contributed by atoms with van der Waals surface area (Å²) in [5.41, 5.74) is 0.898. The van der Waals surface area contributed by atoms with E-state index in [1.54, 1.807) is 13.8 Å². The highest BCUT2D eigenvalue weighted by Crippen LogP contribution is 2.27. The van der Waals surface area contributed by atoms with Crippen LogP contribution in [-0.4, -0.2) is 23.1 Å². The van der Waals surface area contributed by atoms with Crippen LogP contribution >= 0.6 is 0 Å². The van der Waals surface area contributed by atoms with Gasteiger partial charge in [-0.15, -0.1) is 0 Å². The molecule has 27 heavy (non-hydrogen) atoms. The van der Waals surface area contributed by atoms with Crippen LogP contribution in [0.25, 0.3) is 0 Å². The number of aryl methyl sites for hydroxylation is 2. The van der Waals surface area contributed by atoms with Gasteiger partial charge in [-0.25, -0.2) is 0 Å². The van der Waals surface area contributed by atoms with E-state index in [4.69, 9.17) is 13.6 Å². The predicted molar refractivity (Wildman–Crippen MR) is 95.4 cm³/mol. The van der Waals surface area contributed by atoms with Crippen molar-refractivity contribution in [1.29, 1.82) is 0 Å². The second-order valence-corrected chi connectivity index (χ2v) is 6.38. The first-order valence-corrected chi connectivity index (χ1v) is 8.42. The van der Waals surface area contributed by atoms with E-state index >= 15 is 0 Å². The quantitative estimate of drug-likeness (QED) is 0.643. The van der Waals surface area contributed by atoms with Gasteiger partial charge in [0.15, 0.2) is 23.1 Å². The van der Waals surface area contributed by atoms with Crippen molar-refractivity contribution in [3.63, 3.8) is 0 Å². The van der Waals surface area contributed by atoms with E-state index in [2.05, 4.69) is 0 Å². The molecular formula is C20H22O7. The van der Waals surface area contributed by atoms with Gasteiger partial charge in [-0.05, 0) is 41.5 Å². The van der Waals surface area contributed by atoms with Crippen LogP contribution < -0.4 is 0 Å². The van der Waals surface area contributed by atoms with E-state index in [0.29, 0.717) is 11.5 Å². The highest BCUT2D eigenvalue weighted by molar-refractivity contribution is 6.09. The summed E-state index contributed by atoms with van der Waals surface area (Å²) in [7, 11) is 0. The number of rotatable bonds is 8. The molecule has 2 rings (SSSR count). The molecule has 2 aromatic heterocycles. The molecule has 0 radical (unpaired) electrons. The predicted octanol–water partition coefficient (Wildman–Crippen LogP) is 4.02. The van der Waals surface area contributed by atoms with Crippen molar-refractivity contribution >= 4 is 23.1 Å². The lowest BCUT2D eigenvalue weighted by Gasteiger charge is -2.04. The normalized spacial score (nSPS) is 10.9. The number of ketones is 4. The molecule has 0 saturated heterocycles. The van der Waals surface area contributed by atoms with E-state index in [1.165, 1.54) is 27.7 Å². The van der Waals surface area contributed by atoms with E-state index in [0.717, 1.165) is 0 Å². The molecule has 2 heterocycles. The molecule has 0 aliphatic carbocycles. The Bertz CT molecular complexity index is 864. The summed E-state index contributed by atoms with van der Waals surface area (Å²) in [5.74, 6) is 0.0559. The third-order valence-electron chi connectivity index (χ3n) is 4.19. The second kappa shape index (κ2) is 7.84. The van der Waals surface area contributed by atoms with Gasteiger partial charge in [0.05, 0.1) is 22.3 Å². The Morgan fingerprint density at radius 3 is 1.19 bits per heavy atom. The number of carbonyl (C=O) groups is 4. The minimum Gasteiger partial charge on any atom is -0.462 e. The zero-order valence-electron chi connectivity index (χ0n) is 16.3. The molecule has 0 N–H and O–H groups in total. The maximum Gasteiger partial charge on any atom is 0.164 e. The molecule has 0 fully saturated rings. The molecule has 7 heteroatoms. The molecule has 0 spiro atoms. The lowest BCUT2D eigenvalue weighted by molar-refractivity contribution is 0.0761. The van der Waals surface area contributed by atoms with Gasteiger partial charge in [0.1, 0.15) is 36.3 Å². The van der Waals surface area contributed by atoms with Gasteiger partial charge in [0, 0.05) is 0 Å². The van der Waals surface area contributed by atoms with Crippen LogP contribution in [0.1, 0.15) is 92.2 Å². The van der Waals surface area contributed by atoms with E-state index < -0.39 is 0 Å². The molecule has 2 aromatic rings. The molecule has 0 amide bonds. The van der Waals surface area contributed by atoms with Crippen LogP contribution in [0, 0.1) is 13.8 Å². The summed E-state index contributed by atoms with van der Waals surface area (Å²) in [6.07, 6.45) is 0. The average Bonchev–Trinajstić information content (AvgIpc) is 3.04. The van der Waals surface area contributed by atoms with Crippen molar-refractivity contribution in [2.75, 3.05) is 0 Å². The van der Waals surface area contributed by atoms with Gasteiger partial charge in [-0.1, -0.05) is 0 Å². The summed E-state index contributed by atoms with van der Waals surface area (Å²) >= 11 is 0. The molecule has 0 atom stereocenters. The molecule has 0 aromatic carbocycles. The highest BCUT2D eigenvalue weighted by Gasteiger charge is 2.26. The van der Waals surface area contributed by atoms with Crippen molar-refractivity contribution in [2.24, 2.45) is 0 Å². The van der Waals surface area contributed by atoms with Crippen molar-refractivity contribution in [3.05, 3.63) is 45.3 Å². The maximum absolute atomic E-state index is 11.9. The Labute approximate surface area is 156 Å². The maximum atomic E-state index is 11.9. The lowest BCUT2D eigenvalue weighted by Crippen LogP contribution is -2.07. The number of hydrogen-bond acceptors (Lipinski definition) is 7. The topological polar surface area (TPSA) is 104 Å². The Balaban J connectivity index is 2.28. The van der Waals surface area contributed by atoms with Crippen LogP contribution in [0.3, 0.4) is 0 Å². The third-order valence-corrected chi connectivity index (χ3v) is 4.19. The van der Waals surface area contributed by atoms with Gasteiger partial charge in [0.2, 0.25) is 0 Å². The number of hydrogen-bond donors (Lipinski definition) is 0. The minimum absolute atomic E-state index is 0.0878. The lowest BCUT2D eigenvalue weighted by atomic mass is 10.0. The third kappa shape index (κ3) is 3.98. The largest absolute Gasteiger partial charge is 0.462 e. The van der Waals surface area contributed by atoms with Crippen molar-refractivity contribution in [2.45, 2.75) is 54.8 Å². The summed E-state index contributed by atoms with van der Waals surface area (Å²) in [4.78, 5) is 47.4. The van der Waals surface area contributed by atoms with Crippen LogP contribution in [-0.2, 0) is 18.0 Å². The van der Waals surface area contributed by atoms with Crippen molar-refractivity contribution in [1.82, 2.24) is 0 Å². The van der Waals surface area contributed by atoms with Crippen LogP contribution in [0.15, 0.2) is 8.83 Å². The van der Waals surface area contributed by atoms with Gasteiger partial charge >= 0.3 is 0 Å². The minimum atomic E-state index is -0.298. The Kier molecular flexibility index (Phi) is 5.95. The second-order valence-electron chi connectivity index (χ2n) is 6.38. The zero-order valence-corrected chi connectivity index (χ0v) is 16.3. The fourth-order valence-corrected chi connectivity index (χ4v) is 3.24. The fraction of sp³-hybridized carbons (Fsp3) is 0.400. The van der Waals surface area contributed by atoms with Crippen molar-refractivity contribution in [3.8, 4) is 0 Å². The first kappa shape index (κ1) is 20.5. The van der Waals surface area contributed by atoms with E-state index in [1.807, 2.05) is 0 Å². The van der Waals surface area contributed by atoms with Crippen molar-refractivity contribution < 1.29 is 32.7 Å². The standard InChI is InChI=1S/C20H22O7/c1-9(21)17-13(5)26-15(19(17)11(3)23)7-25-8-16-20(12(4)24)18(10(2)22)14(6)27-16/h7-8H2,1-6H3. The zero-order chi connectivity index (χ0) is 20.5. The SMILES string of the molecule is CC(=O)c1c(C)oc(COCc2oc(C)c(C(C)=O)c2C(C)=O)c1C(C)=O. The average molecular weight is 374 g/mol. The Hall–Kier alpha value is -2.80. The Morgan fingerprint density at radius 1 is 0.630 bits per heavy atom. The first-order chi connectivity index (χ1) is 12.6. The Morgan fingerprint density at radius 2 is 0.926 bits per heavy atom. The van der Waals surface area contributed by atoms with Crippen LogP contribution in [0.4, 0.5) is 0 Å². The molecule has 0 bridgehead atoms. The highest BCUT2D eigenvalue weighted by atomic mass is 16.5. The fourth-order valence-electron chi connectivity index (χ4n) is 3.24. The summed E-state index contributed by atoms with van der Waals surface area (Å²) in [6, 6.07) is 0. The molecule has 7 nitrogen and oxygen atoms in total. The monoisotopic (exact) mass is 374 g/mol. The molecule has 0 saturated carbocycles. The van der Waals surface area contributed by atoms with Gasteiger partial charge in [0.25, 0.3) is 0 Å². The smallest absolute Gasteiger partial charge is 0.164 e. The molecule has 144 valence electrons. The van der Waals surface area contributed by atoms with E-state index in [-0.39, 0.29) is 70.1 Å². The van der Waals surface area contributed by atoms with Gasteiger partial charge < -0.3 is 13.6 Å². The molecule has 0 unspecified atom stereocenters. The number of ether oxygens (including phenoxy) is 1. The van der Waals surface area contributed by atoms with Crippen LogP contribution in [0.5, 0.6) is 0 Å². The number of carbonyl (C=O) groups excluding carboxylic acids is 4. The molecular weight excluding hydrogens is 352 g/mol. The summed E-state index contributed by atoms with van der Waals surface area (Å²) < 4.78 is 16.6. The molecule has 0 aliphatic heterocycles. The van der Waals surface area contributed by atoms with E-state index in [9.17, 15) is 19.2 Å². The first-order valence-electron chi connectivity index (χ1n) is 8.42. The number of furan rings is 2. The summed E-state index contributed by atoms with van der Waals surface area (Å²) in [6.45, 7) is 8.47. The van der Waals surface area contributed by atoms with Gasteiger partial charge in [-0.3, -0.25) is 19.2 Å². The molecule has 0 aliphatic rings. The van der Waals surface area contributed by atoms with Crippen LogP contribution in [0.2, 0.25) is 0 Å². The number of Topliss-reactive ketones (excluding diaryl/α,β-unsaturated/α-hetero) is 4. The van der Waals surface area contributed by atoms with Gasteiger partial charge in [-0.2, -0.15) is 0 Å². The summed E-state index contributed by atoms with van der Waals surface area (Å²) in [5, 5.41) is 0.